The van der Waals surface area contributed by atoms with Gasteiger partial charge >= 0.3 is 11.7 Å². The van der Waals surface area contributed by atoms with E-state index in [-0.39, 0.29) is 13.0 Å². The number of benzene rings is 3. The molecule has 0 unspecified atom stereocenters. The van der Waals surface area contributed by atoms with E-state index in [1.54, 1.807) is 21.1 Å². The van der Waals surface area contributed by atoms with Crippen LogP contribution in [0.5, 0.6) is 11.5 Å². The Morgan fingerprint density at radius 3 is 2.05 bits per heavy atom. The number of ether oxygens (including phenoxy) is 3. The second-order valence-electron chi connectivity index (χ2n) is 10.7. The van der Waals surface area contributed by atoms with Crippen molar-refractivity contribution in [2.45, 2.75) is 37.6 Å². The summed E-state index contributed by atoms with van der Waals surface area (Å²) in [5.74, 6) is 0.0781. The van der Waals surface area contributed by atoms with E-state index in [2.05, 4.69) is 10.3 Å². The summed E-state index contributed by atoms with van der Waals surface area (Å²) < 4.78 is 18.6. The van der Waals surface area contributed by atoms with Crippen molar-refractivity contribution in [3.8, 4) is 11.5 Å². The third kappa shape index (κ3) is 6.11. The average molecular weight is 586 g/mol. The van der Waals surface area contributed by atoms with Gasteiger partial charge in [-0.15, -0.1) is 0 Å². The number of nitrogens with zero attached hydrogens (tertiary/aromatic N) is 1. The smallest absolute Gasteiger partial charge is 0.330 e. The molecule has 3 atom stereocenters. The molecule has 4 aromatic rings. The molecule has 10 heteroatoms. The Bertz CT molecular complexity index is 1620. The molecule has 3 aromatic carbocycles. The Morgan fingerprint density at radius 1 is 0.953 bits per heavy atom. The monoisotopic (exact) mass is 585 g/mol. The van der Waals surface area contributed by atoms with Gasteiger partial charge in [0.2, 0.25) is 0 Å². The molecule has 0 spiro atoms. The number of hydrogen-bond donors (Lipinski definition) is 3. The van der Waals surface area contributed by atoms with Gasteiger partial charge in [-0.3, -0.25) is 24.5 Å². The number of rotatable bonds is 11. The summed E-state index contributed by atoms with van der Waals surface area (Å²) >= 11 is 0. The molecule has 224 valence electrons. The van der Waals surface area contributed by atoms with E-state index >= 15 is 0 Å². The Balaban J connectivity index is 1.58. The predicted octanol–water partition coefficient (Wildman–Crippen LogP) is 3.82. The van der Waals surface area contributed by atoms with E-state index < -0.39 is 41.0 Å². The number of aryl methyl sites for hydroxylation is 1. The highest BCUT2D eigenvalue weighted by Gasteiger charge is 2.42. The first-order valence-corrected chi connectivity index (χ1v) is 14.0. The van der Waals surface area contributed by atoms with Crippen LogP contribution >= 0.6 is 0 Å². The van der Waals surface area contributed by atoms with Crippen LogP contribution in [0.25, 0.3) is 0 Å². The van der Waals surface area contributed by atoms with Crippen LogP contribution < -0.4 is 26.0 Å². The summed E-state index contributed by atoms with van der Waals surface area (Å²) in [5, 5.41) is 13.5. The quantitative estimate of drug-likeness (QED) is 0.227. The lowest BCUT2D eigenvalue weighted by atomic mass is 9.76. The Kier molecular flexibility index (Phi) is 8.79. The second kappa shape index (κ2) is 12.7. The fourth-order valence-corrected chi connectivity index (χ4v) is 5.84. The first-order chi connectivity index (χ1) is 20.7. The normalized spacial score (nSPS) is 18.3. The third-order valence-electron chi connectivity index (χ3n) is 8.08. The molecule has 0 aliphatic carbocycles. The minimum absolute atomic E-state index is 0.136. The number of H-pyrrole nitrogens is 1. The Labute approximate surface area is 248 Å². The van der Waals surface area contributed by atoms with Crippen LogP contribution in [-0.2, 0) is 15.1 Å². The van der Waals surface area contributed by atoms with E-state index in [1.165, 1.54) is 10.8 Å². The molecule has 1 aliphatic heterocycles. The maximum absolute atomic E-state index is 12.7. The summed E-state index contributed by atoms with van der Waals surface area (Å²) in [6, 6.07) is 25.6. The van der Waals surface area contributed by atoms with Gasteiger partial charge in [0.15, 0.2) is 0 Å². The van der Waals surface area contributed by atoms with Crippen molar-refractivity contribution in [3.05, 3.63) is 128 Å². The van der Waals surface area contributed by atoms with Crippen molar-refractivity contribution in [1.29, 1.82) is 0 Å². The van der Waals surface area contributed by atoms with Crippen LogP contribution in [0, 0.1) is 12.8 Å². The predicted molar refractivity (Wildman–Crippen MR) is 161 cm³/mol. The van der Waals surface area contributed by atoms with Crippen LogP contribution in [-0.4, -0.2) is 47.5 Å². The van der Waals surface area contributed by atoms with Gasteiger partial charge < -0.3 is 19.3 Å². The van der Waals surface area contributed by atoms with Gasteiger partial charge in [-0.05, 0) is 54.3 Å². The fourth-order valence-electron chi connectivity index (χ4n) is 5.84. The van der Waals surface area contributed by atoms with Gasteiger partial charge in [-0.25, -0.2) is 4.79 Å². The molecule has 10 nitrogen and oxygen atoms in total. The van der Waals surface area contributed by atoms with Gasteiger partial charge in [0, 0.05) is 24.2 Å². The average Bonchev–Trinajstić information content (AvgIpc) is 3.41. The van der Waals surface area contributed by atoms with E-state index in [0.717, 1.165) is 16.7 Å². The lowest BCUT2D eigenvalue weighted by molar-refractivity contribution is -0.138. The Morgan fingerprint density at radius 2 is 1.51 bits per heavy atom. The highest BCUT2D eigenvalue weighted by molar-refractivity contribution is 5.67. The van der Waals surface area contributed by atoms with Crippen molar-refractivity contribution in [3.63, 3.8) is 0 Å². The summed E-state index contributed by atoms with van der Waals surface area (Å²) in [6.07, 6.45) is 0.339. The Hall–Kier alpha value is -4.67. The topological polar surface area (TPSA) is 132 Å². The minimum Gasteiger partial charge on any atom is -0.497 e. The minimum atomic E-state index is -0.955. The summed E-state index contributed by atoms with van der Waals surface area (Å²) in [5.41, 5.74) is 1.25. The van der Waals surface area contributed by atoms with Crippen molar-refractivity contribution < 1.29 is 24.1 Å². The van der Waals surface area contributed by atoms with Crippen molar-refractivity contribution >= 4 is 5.97 Å². The zero-order valence-electron chi connectivity index (χ0n) is 24.3. The van der Waals surface area contributed by atoms with Crippen LogP contribution in [0.3, 0.4) is 0 Å². The SMILES string of the molecule is COc1ccc(C(NC[C@H]2O[C@@H](n3cc(C)c(=O)[nH]c3=O)C[C@@H]2CC(=O)O)(c2ccccc2)c2ccc(OC)cc2)cc1. The molecule has 5 rings (SSSR count). The summed E-state index contributed by atoms with van der Waals surface area (Å²) in [7, 11) is 3.24. The number of methoxy groups -OCH3 is 2. The third-order valence-corrected chi connectivity index (χ3v) is 8.08. The number of carbonyl (C=O) groups is 1. The highest BCUT2D eigenvalue weighted by Crippen LogP contribution is 2.40. The zero-order valence-corrected chi connectivity index (χ0v) is 24.3. The summed E-state index contributed by atoms with van der Waals surface area (Å²) in [4.78, 5) is 38.8. The molecule has 2 heterocycles. The van der Waals surface area contributed by atoms with Crippen LogP contribution in [0.15, 0.2) is 94.6 Å². The number of nitrogens with one attached hydrogen (secondary N) is 2. The van der Waals surface area contributed by atoms with E-state index in [9.17, 15) is 19.5 Å². The molecule has 1 saturated heterocycles. The number of aromatic amines is 1. The van der Waals surface area contributed by atoms with E-state index in [1.807, 2.05) is 78.9 Å². The summed E-state index contributed by atoms with van der Waals surface area (Å²) in [6.45, 7) is 1.87. The molecule has 1 aromatic heterocycles. The number of aromatic nitrogens is 2. The standard InChI is InChI=1S/C33H35N3O7/c1-21-20-36(32(40)35-31(21)39)29-17-22(18-30(37)38)28(43-29)19-34-33(23-7-5-4-6-8-23,24-9-13-26(41-2)14-10-24)25-11-15-27(42-3)16-12-25/h4-16,20,22,28-29,34H,17-19H2,1-3H3,(H,37,38)(H,35,39,40)/t22-,28-,29-/m1/s1. The van der Waals surface area contributed by atoms with Gasteiger partial charge in [0.05, 0.1) is 32.3 Å². The zero-order chi connectivity index (χ0) is 30.6. The van der Waals surface area contributed by atoms with Gasteiger partial charge in [0.25, 0.3) is 5.56 Å². The van der Waals surface area contributed by atoms with E-state index in [0.29, 0.717) is 23.5 Å². The van der Waals surface area contributed by atoms with Crippen molar-refractivity contribution in [2.24, 2.45) is 5.92 Å². The van der Waals surface area contributed by atoms with Crippen molar-refractivity contribution in [2.75, 3.05) is 20.8 Å². The number of hydrogen-bond acceptors (Lipinski definition) is 7. The molecule has 3 N–H and O–H groups in total. The number of aliphatic carboxylic acids is 1. The van der Waals surface area contributed by atoms with Gasteiger partial charge in [-0.1, -0.05) is 54.6 Å². The molecule has 43 heavy (non-hydrogen) atoms. The first kappa shape index (κ1) is 29.8. The van der Waals surface area contributed by atoms with Crippen LogP contribution in [0.4, 0.5) is 0 Å². The van der Waals surface area contributed by atoms with E-state index in [4.69, 9.17) is 14.2 Å². The molecule has 0 radical (unpaired) electrons. The number of carboxylic acid groups (broad SMARTS) is 1. The fraction of sp³-hybridized carbons (Fsp3) is 0.303. The van der Waals surface area contributed by atoms with Gasteiger partial charge in [-0.2, -0.15) is 0 Å². The molecule has 1 aliphatic rings. The maximum Gasteiger partial charge on any atom is 0.330 e. The van der Waals surface area contributed by atoms with Crippen molar-refractivity contribution in [1.82, 2.24) is 14.9 Å². The molecule has 0 amide bonds. The number of carboxylic acids is 1. The van der Waals surface area contributed by atoms with Crippen LogP contribution in [0.2, 0.25) is 0 Å². The largest absolute Gasteiger partial charge is 0.497 e. The molecule has 0 saturated carbocycles. The maximum atomic E-state index is 12.7. The van der Waals surface area contributed by atoms with Gasteiger partial charge in [0.1, 0.15) is 17.7 Å². The molecule has 1 fully saturated rings. The molecule has 0 bridgehead atoms. The lowest BCUT2D eigenvalue weighted by Crippen LogP contribution is -2.48. The lowest BCUT2D eigenvalue weighted by Gasteiger charge is -2.38. The molecular weight excluding hydrogens is 550 g/mol. The van der Waals surface area contributed by atoms with Crippen LogP contribution in [0.1, 0.15) is 41.3 Å². The first-order valence-electron chi connectivity index (χ1n) is 14.0. The second-order valence-corrected chi connectivity index (χ2v) is 10.7. The molecular formula is C33H35N3O7. The highest BCUT2D eigenvalue weighted by atomic mass is 16.5.